The first kappa shape index (κ1) is 16.8. The molecule has 11 nitrogen and oxygen atoms in total. The molecule has 0 atom stereocenters. The van der Waals surface area contributed by atoms with Gasteiger partial charge in [0.1, 0.15) is 12.0 Å². The summed E-state index contributed by atoms with van der Waals surface area (Å²) in [5.74, 6) is 0.774. The number of aryl methyl sites for hydroxylation is 1. The number of hydrogen-bond donors (Lipinski definition) is 1. The highest BCUT2D eigenvalue weighted by Gasteiger charge is 2.24. The van der Waals surface area contributed by atoms with Gasteiger partial charge < -0.3 is 15.2 Å². The first-order valence-corrected chi connectivity index (χ1v) is 7.65. The summed E-state index contributed by atoms with van der Waals surface area (Å²) in [5.41, 5.74) is 5.15. The Balaban J connectivity index is 1.70. The number of anilines is 1. The van der Waals surface area contributed by atoms with Crippen LogP contribution in [0.15, 0.2) is 16.8 Å². The van der Waals surface area contributed by atoms with Crippen LogP contribution in [0.4, 0.5) is 11.5 Å². The zero-order valence-electron chi connectivity index (χ0n) is 13.6. The number of nitro groups is 1. The topological polar surface area (TPSA) is 145 Å². The van der Waals surface area contributed by atoms with Crippen LogP contribution in [0.5, 0.6) is 0 Å². The van der Waals surface area contributed by atoms with E-state index in [0.29, 0.717) is 50.3 Å². The second kappa shape index (κ2) is 6.81. The van der Waals surface area contributed by atoms with Crippen molar-refractivity contribution in [3.63, 3.8) is 0 Å². The Morgan fingerprint density at radius 3 is 2.68 bits per heavy atom. The van der Waals surface area contributed by atoms with E-state index in [1.165, 1.54) is 6.07 Å². The van der Waals surface area contributed by atoms with Gasteiger partial charge in [-0.05, 0) is 0 Å². The Labute approximate surface area is 142 Å². The van der Waals surface area contributed by atoms with E-state index in [9.17, 15) is 14.9 Å². The smallest absolute Gasteiger partial charge is 0.288 e. The molecule has 0 aromatic carbocycles. The molecule has 0 saturated carbocycles. The minimum Gasteiger partial charge on any atom is -0.365 e. The Kier molecular flexibility index (Phi) is 4.57. The molecule has 0 spiro atoms. The van der Waals surface area contributed by atoms with Crippen LogP contribution < -0.4 is 10.6 Å². The molecule has 2 aromatic rings. The van der Waals surface area contributed by atoms with E-state index in [0.717, 1.165) is 6.20 Å². The molecule has 0 radical (unpaired) electrons. The Morgan fingerprint density at radius 1 is 1.40 bits per heavy atom. The van der Waals surface area contributed by atoms with Gasteiger partial charge in [0.25, 0.3) is 11.6 Å². The molecule has 0 aliphatic carbocycles. The largest absolute Gasteiger partial charge is 0.365 e. The molecule has 1 amide bonds. The molecule has 25 heavy (non-hydrogen) atoms. The van der Waals surface area contributed by atoms with Crippen LogP contribution in [-0.4, -0.2) is 57.0 Å². The lowest BCUT2D eigenvalue weighted by Crippen LogP contribution is -2.47. The second-order valence-electron chi connectivity index (χ2n) is 5.68. The lowest BCUT2D eigenvalue weighted by Gasteiger charge is -2.35. The molecule has 132 valence electrons. The average molecular weight is 347 g/mol. The number of hydrogen-bond acceptors (Lipinski definition) is 9. The predicted octanol–water partition coefficient (Wildman–Crippen LogP) is 0.102. The number of piperazine rings is 1. The van der Waals surface area contributed by atoms with E-state index in [1.807, 2.05) is 4.90 Å². The van der Waals surface area contributed by atoms with Crippen molar-refractivity contribution in [3.05, 3.63) is 39.7 Å². The zero-order valence-corrected chi connectivity index (χ0v) is 13.6. The first-order chi connectivity index (χ1) is 11.9. The SMILES string of the molecule is Cc1nc(CN2CCN(c3ncc([N+](=O)[O-])cc3C(N)=O)CC2)no1. The summed E-state index contributed by atoms with van der Waals surface area (Å²) in [6.07, 6.45) is 1.14. The van der Waals surface area contributed by atoms with Crippen molar-refractivity contribution in [2.45, 2.75) is 13.5 Å². The molecule has 1 aliphatic heterocycles. The number of aromatic nitrogens is 3. The molecule has 2 aromatic heterocycles. The Bertz CT molecular complexity index is 798. The lowest BCUT2D eigenvalue weighted by molar-refractivity contribution is -0.385. The van der Waals surface area contributed by atoms with Crippen LogP contribution >= 0.6 is 0 Å². The third kappa shape index (κ3) is 3.71. The van der Waals surface area contributed by atoms with Crippen molar-refractivity contribution in [1.29, 1.82) is 0 Å². The fourth-order valence-corrected chi connectivity index (χ4v) is 2.70. The molecular weight excluding hydrogens is 330 g/mol. The van der Waals surface area contributed by atoms with Crippen molar-refractivity contribution < 1.29 is 14.2 Å². The quantitative estimate of drug-likeness (QED) is 0.588. The highest BCUT2D eigenvalue weighted by molar-refractivity contribution is 5.98. The zero-order chi connectivity index (χ0) is 18.0. The van der Waals surface area contributed by atoms with Crippen molar-refractivity contribution in [2.75, 3.05) is 31.1 Å². The highest BCUT2D eigenvalue weighted by atomic mass is 16.6. The summed E-state index contributed by atoms with van der Waals surface area (Å²) in [6.45, 7) is 4.90. The number of nitrogens with two attached hydrogens (primary N) is 1. The van der Waals surface area contributed by atoms with E-state index in [4.69, 9.17) is 10.3 Å². The van der Waals surface area contributed by atoms with Crippen molar-refractivity contribution in [2.24, 2.45) is 5.73 Å². The van der Waals surface area contributed by atoms with E-state index in [2.05, 4.69) is 20.0 Å². The normalized spacial score (nSPS) is 15.3. The molecule has 0 unspecified atom stereocenters. The third-order valence-electron chi connectivity index (χ3n) is 3.93. The van der Waals surface area contributed by atoms with Crippen molar-refractivity contribution in [3.8, 4) is 0 Å². The summed E-state index contributed by atoms with van der Waals surface area (Å²) in [4.78, 5) is 34.2. The van der Waals surface area contributed by atoms with E-state index >= 15 is 0 Å². The molecule has 1 saturated heterocycles. The molecule has 1 fully saturated rings. The summed E-state index contributed by atoms with van der Waals surface area (Å²) in [6, 6.07) is 1.17. The molecule has 2 N–H and O–H groups in total. The van der Waals surface area contributed by atoms with Crippen LogP contribution in [0.2, 0.25) is 0 Å². The second-order valence-corrected chi connectivity index (χ2v) is 5.68. The minimum absolute atomic E-state index is 0.0523. The maximum atomic E-state index is 11.6. The van der Waals surface area contributed by atoms with Gasteiger partial charge in [0.05, 0.1) is 17.0 Å². The molecular formula is C14H17N7O4. The van der Waals surface area contributed by atoms with Gasteiger partial charge in [-0.15, -0.1) is 0 Å². The summed E-state index contributed by atoms with van der Waals surface area (Å²) >= 11 is 0. The van der Waals surface area contributed by atoms with Crippen molar-refractivity contribution >= 4 is 17.4 Å². The monoisotopic (exact) mass is 347 g/mol. The van der Waals surface area contributed by atoms with Crippen LogP contribution in [0.1, 0.15) is 22.1 Å². The van der Waals surface area contributed by atoms with Gasteiger partial charge in [-0.25, -0.2) is 4.98 Å². The van der Waals surface area contributed by atoms with E-state index < -0.39 is 10.8 Å². The standard InChI is InChI=1S/C14H17N7O4/c1-9-17-12(18-25-9)8-19-2-4-20(5-3-19)14-11(13(15)22)6-10(7-16-14)21(23)24/h6-7H,2-5,8H2,1H3,(H2,15,22). The van der Waals surface area contributed by atoms with Gasteiger partial charge in [-0.1, -0.05) is 5.16 Å². The third-order valence-corrected chi connectivity index (χ3v) is 3.93. The molecule has 0 bridgehead atoms. The summed E-state index contributed by atoms with van der Waals surface area (Å²) in [7, 11) is 0. The van der Waals surface area contributed by atoms with E-state index in [-0.39, 0.29) is 11.3 Å². The van der Waals surface area contributed by atoms with Crippen molar-refractivity contribution in [1.82, 2.24) is 20.0 Å². The lowest BCUT2D eigenvalue weighted by atomic mass is 10.2. The van der Waals surface area contributed by atoms with Crippen LogP contribution in [0.25, 0.3) is 0 Å². The van der Waals surface area contributed by atoms with E-state index in [1.54, 1.807) is 6.92 Å². The maximum Gasteiger partial charge on any atom is 0.288 e. The molecule has 11 heteroatoms. The fourth-order valence-electron chi connectivity index (χ4n) is 2.70. The number of nitrogens with zero attached hydrogens (tertiary/aromatic N) is 6. The number of carbonyl (C=O) groups is 1. The summed E-state index contributed by atoms with van der Waals surface area (Å²) < 4.78 is 4.95. The van der Waals surface area contributed by atoms with Crippen LogP contribution in [-0.2, 0) is 6.54 Å². The van der Waals surface area contributed by atoms with Gasteiger partial charge in [0, 0.05) is 39.2 Å². The number of carbonyl (C=O) groups excluding carboxylic acids is 1. The maximum absolute atomic E-state index is 11.6. The average Bonchev–Trinajstić information content (AvgIpc) is 3.00. The predicted molar refractivity (Wildman–Crippen MR) is 85.9 cm³/mol. The Hall–Kier alpha value is -3.08. The number of amides is 1. The molecule has 3 rings (SSSR count). The van der Waals surface area contributed by atoms with Gasteiger partial charge in [0.2, 0.25) is 5.89 Å². The number of pyridine rings is 1. The van der Waals surface area contributed by atoms with Gasteiger partial charge in [0.15, 0.2) is 5.82 Å². The first-order valence-electron chi connectivity index (χ1n) is 7.65. The molecule has 3 heterocycles. The summed E-state index contributed by atoms with van der Waals surface area (Å²) in [5, 5.41) is 14.7. The van der Waals surface area contributed by atoms with Crippen LogP contribution in [0.3, 0.4) is 0 Å². The molecule has 1 aliphatic rings. The number of primary amides is 1. The fraction of sp³-hybridized carbons (Fsp3) is 0.429. The highest BCUT2D eigenvalue weighted by Crippen LogP contribution is 2.23. The number of rotatable bonds is 5. The van der Waals surface area contributed by atoms with Gasteiger partial charge >= 0.3 is 0 Å². The Morgan fingerprint density at radius 2 is 2.12 bits per heavy atom. The van der Waals surface area contributed by atoms with Crippen LogP contribution in [0, 0.1) is 17.0 Å². The van der Waals surface area contributed by atoms with Gasteiger partial charge in [-0.3, -0.25) is 19.8 Å². The minimum atomic E-state index is -0.740. The van der Waals surface area contributed by atoms with Gasteiger partial charge in [-0.2, -0.15) is 4.98 Å².